The fraction of sp³-hybridized carbons (Fsp3) is 0.520. The number of hydrogen-bond acceptors (Lipinski definition) is 4. The second-order valence-electron chi connectivity index (χ2n) is 9.96. The molecular weight excluding hydrogens is 400 g/mol. The molecule has 6 rings (SSSR count). The van der Waals surface area contributed by atoms with Gasteiger partial charge in [0.15, 0.2) is 0 Å². The lowest BCUT2D eigenvalue weighted by Crippen LogP contribution is -2.38. The van der Waals surface area contributed by atoms with Crippen LogP contribution in [0.1, 0.15) is 66.8 Å². The summed E-state index contributed by atoms with van der Waals surface area (Å²) in [7, 11) is 0. The zero-order valence-electron chi connectivity index (χ0n) is 18.6. The Labute approximate surface area is 188 Å². The van der Waals surface area contributed by atoms with Crippen LogP contribution in [-0.4, -0.2) is 48.9 Å². The maximum Gasteiger partial charge on any atom is 0.271 e. The molecule has 166 valence electrons. The summed E-state index contributed by atoms with van der Waals surface area (Å²) in [5, 5.41) is 16.2. The van der Waals surface area contributed by atoms with E-state index in [1.807, 2.05) is 17.3 Å². The van der Waals surface area contributed by atoms with Crippen molar-refractivity contribution in [2.75, 3.05) is 13.1 Å². The second kappa shape index (κ2) is 7.57. The van der Waals surface area contributed by atoms with Crippen molar-refractivity contribution in [1.29, 1.82) is 0 Å². The topological polar surface area (TPSA) is 79.7 Å². The third-order valence-corrected chi connectivity index (χ3v) is 7.86. The van der Waals surface area contributed by atoms with Gasteiger partial charge in [-0.2, -0.15) is 5.10 Å². The summed E-state index contributed by atoms with van der Waals surface area (Å²) in [6.45, 7) is 4.67. The molecule has 7 nitrogen and oxygen atoms in total. The molecule has 3 fully saturated rings. The van der Waals surface area contributed by atoms with Gasteiger partial charge < -0.3 is 9.47 Å². The zero-order chi connectivity index (χ0) is 21.7. The van der Waals surface area contributed by atoms with E-state index >= 15 is 0 Å². The Balaban J connectivity index is 1.22. The second-order valence-corrected chi connectivity index (χ2v) is 9.96. The quantitative estimate of drug-likeness (QED) is 0.640. The number of hydrogen-bond donors (Lipinski definition) is 1. The molecule has 1 N–H and O–H groups in total. The number of likely N-dealkylation sites (tertiary alicyclic amines) is 1. The van der Waals surface area contributed by atoms with Crippen molar-refractivity contribution in [2.24, 2.45) is 11.3 Å². The van der Waals surface area contributed by atoms with Crippen LogP contribution in [0.15, 0.2) is 36.7 Å². The van der Waals surface area contributed by atoms with Crippen molar-refractivity contribution in [3.63, 3.8) is 0 Å². The van der Waals surface area contributed by atoms with Crippen LogP contribution in [0.25, 0.3) is 11.3 Å². The SMILES string of the molecule is CCc1ccc(-c2cc(C(=O)N3CC(c4nncn4CC4CC4)C4(CCC4)C3)[nH]n2)cc1. The minimum absolute atomic E-state index is 0.0379. The summed E-state index contributed by atoms with van der Waals surface area (Å²) in [6, 6.07) is 10.3. The molecule has 1 amide bonds. The first-order valence-corrected chi connectivity index (χ1v) is 12.0. The summed E-state index contributed by atoms with van der Waals surface area (Å²) in [4.78, 5) is 15.4. The molecule has 1 aliphatic heterocycles. The number of nitrogens with one attached hydrogen (secondary N) is 1. The van der Waals surface area contributed by atoms with E-state index in [-0.39, 0.29) is 17.2 Å². The van der Waals surface area contributed by atoms with E-state index in [1.54, 1.807) is 0 Å². The summed E-state index contributed by atoms with van der Waals surface area (Å²) in [5.74, 6) is 2.16. The Bertz CT molecular complexity index is 1120. The Hall–Kier alpha value is -2.96. The summed E-state index contributed by atoms with van der Waals surface area (Å²) < 4.78 is 2.25. The largest absolute Gasteiger partial charge is 0.336 e. The van der Waals surface area contributed by atoms with Gasteiger partial charge in [0.2, 0.25) is 0 Å². The van der Waals surface area contributed by atoms with Crippen molar-refractivity contribution >= 4 is 5.91 Å². The molecule has 3 aliphatic rings. The van der Waals surface area contributed by atoms with E-state index in [0.29, 0.717) is 12.2 Å². The van der Waals surface area contributed by atoms with Gasteiger partial charge in [-0.3, -0.25) is 9.89 Å². The van der Waals surface area contributed by atoms with Gasteiger partial charge in [0, 0.05) is 31.1 Å². The van der Waals surface area contributed by atoms with Gasteiger partial charge in [0.25, 0.3) is 5.91 Å². The number of amides is 1. The number of rotatable bonds is 6. The van der Waals surface area contributed by atoms with Crippen LogP contribution in [0.5, 0.6) is 0 Å². The smallest absolute Gasteiger partial charge is 0.271 e. The van der Waals surface area contributed by atoms with E-state index in [2.05, 4.69) is 56.2 Å². The minimum atomic E-state index is 0.0379. The Morgan fingerprint density at radius 1 is 1.22 bits per heavy atom. The minimum Gasteiger partial charge on any atom is -0.336 e. The number of H-pyrrole nitrogens is 1. The first-order chi connectivity index (χ1) is 15.6. The average molecular weight is 431 g/mol. The molecule has 32 heavy (non-hydrogen) atoms. The normalized spacial score (nSPS) is 21.8. The molecule has 7 heteroatoms. The van der Waals surface area contributed by atoms with Crippen molar-refractivity contribution in [3.8, 4) is 11.3 Å². The third kappa shape index (κ3) is 3.34. The molecule has 2 aromatic heterocycles. The first kappa shape index (κ1) is 19.7. The number of carbonyl (C=O) groups is 1. The average Bonchev–Trinajstić information content (AvgIpc) is 3.20. The van der Waals surface area contributed by atoms with E-state index in [0.717, 1.165) is 55.4 Å². The fourth-order valence-electron chi connectivity index (χ4n) is 5.53. The van der Waals surface area contributed by atoms with E-state index in [4.69, 9.17) is 0 Å². The zero-order valence-corrected chi connectivity index (χ0v) is 18.6. The third-order valence-electron chi connectivity index (χ3n) is 7.86. The number of aryl methyl sites for hydroxylation is 1. The van der Waals surface area contributed by atoms with E-state index in [9.17, 15) is 4.79 Å². The van der Waals surface area contributed by atoms with Crippen molar-refractivity contribution in [3.05, 3.63) is 53.7 Å². The predicted molar refractivity (Wildman–Crippen MR) is 121 cm³/mol. The molecule has 0 radical (unpaired) electrons. The van der Waals surface area contributed by atoms with Crippen LogP contribution in [-0.2, 0) is 13.0 Å². The standard InChI is InChI=1S/C25H30N6O/c1-2-17-6-8-19(9-7-17)21-12-22(28-27-21)24(32)30-14-20(25(15-30)10-3-11-25)23-29-26-16-31(23)13-18-4-5-18/h6-9,12,16,18,20H,2-5,10-11,13-15H2,1H3,(H,27,28). The lowest BCUT2D eigenvalue weighted by atomic mass is 9.62. The Morgan fingerprint density at radius 3 is 2.72 bits per heavy atom. The molecule has 1 aromatic carbocycles. The van der Waals surface area contributed by atoms with Crippen LogP contribution < -0.4 is 0 Å². The summed E-state index contributed by atoms with van der Waals surface area (Å²) in [5.41, 5.74) is 3.86. The lowest BCUT2D eigenvalue weighted by Gasteiger charge is -2.42. The van der Waals surface area contributed by atoms with Crippen LogP contribution in [0.3, 0.4) is 0 Å². The molecule has 3 heterocycles. The molecule has 1 atom stereocenters. The van der Waals surface area contributed by atoms with Gasteiger partial charge in [0.1, 0.15) is 17.8 Å². The molecular formula is C25H30N6O. The van der Waals surface area contributed by atoms with Crippen molar-refractivity contribution in [2.45, 2.75) is 57.9 Å². The molecule has 2 saturated carbocycles. The molecule has 1 unspecified atom stereocenters. The molecule has 1 saturated heterocycles. The monoisotopic (exact) mass is 430 g/mol. The number of benzene rings is 1. The van der Waals surface area contributed by atoms with E-state index < -0.39 is 0 Å². The Kier molecular flexibility index (Phi) is 4.66. The molecule has 2 aliphatic carbocycles. The van der Waals surface area contributed by atoms with Crippen LogP contribution in [0, 0.1) is 11.3 Å². The Morgan fingerprint density at radius 2 is 2.03 bits per heavy atom. The number of aromatic nitrogens is 5. The summed E-state index contributed by atoms with van der Waals surface area (Å²) in [6.07, 6.45) is 9.07. The van der Waals surface area contributed by atoms with Crippen LogP contribution in [0.4, 0.5) is 0 Å². The van der Waals surface area contributed by atoms with Gasteiger partial charge in [-0.25, -0.2) is 0 Å². The van der Waals surface area contributed by atoms with Gasteiger partial charge in [-0.15, -0.1) is 10.2 Å². The van der Waals surface area contributed by atoms with Gasteiger partial charge >= 0.3 is 0 Å². The van der Waals surface area contributed by atoms with Crippen LogP contribution >= 0.6 is 0 Å². The van der Waals surface area contributed by atoms with Gasteiger partial charge in [0.05, 0.1) is 5.69 Å². The maximum atomic E-state index is 13.4. The molecule has 3 aromatic rings. The highest BCUT2D eigenvalue weighted by Gasteiger charge is 2.54. The van der Waals surface area contributed by atoms with Gasteiger partial charge in [-0.1, -0.05) is 37.6 Å². The highest BCUT2D eigenvalue weighted by Crippen LogP contribution is 2.55. The van der Waals surface area contributed by atoms with E-state index in [1.165, 1.54) is 24.8 Å². The van der Waals surface area contributed by atoms with Gasteiger partial charge in [-0.05, 0) is 55.1 Å². The predicted octanol–water partition coefficient (Wildman–Crippen LogP) is 4.05. The number of aromatic amines is 1. The molecule has 0 bridgehead atoms. The number of nitrogens with zero attached hydrogens (tertiary/aromatic N) is 5. The lowest BCUT2D eigenvalue weighted by molar-refractivity contribution is 0.0717. The fourth-order valence-corrected chi connectivity index (χ4v) is 5.53. The number of carbonyl (C=O) groups excluding carboxylic acids is 1. The first-order valence-electron chi connectivity index (χ1n) is 12.0. The van der Waals surface area contributed by atoms with Crippen molar-refractivity contribution in [1.82, 2.24) is 29.9 Å². The summed E-state index contributed by atoms with van der Waals surface area (Å²) >= 11 is 0. The highest BCUT2D eigenvalue weighted by atomic mass is 16.2. The highest BCUT2D eigenvalue weighted by molar-refractivity contribution is 5.93. The van der Waals surface area contributed by atoms with Crippen LogP contribution in [0.2, 0.25) is 0 Å². The molecule has 1 spiro atoms. The maximum absolute atomic E-state index is 13.4. The van der Waals surface area contributed by atoms with Crippen molar-refractivity contribution < 1.29 is 4.79 Å².